The molecule has 0 aliphatic heterocycles. The first-order chi connectivity index (χ1) is 15.2. The third-order valence-corrected chi connectivity index (χ3v) is 4.88. The molecule has 1 rings (SSSR count). The van der Waals surface area contributed by atoms with Gasteiger partial charge >= 0.3 is 17.9 Å². The molecule has 1 aliphatic carbocycles. The minimum atomic E-state index is -1.17. The van der Waals surface area contributed by atoms with E-state index in [2.05, 4.69) is 11.7 Å². The van der Waals surface area contributed by atoms with E-state index in [1.54, 1.807) is 24.3 Å². The molecule has 0 radical (unpaired) electrons. The summed E-state index contributed by atoms with van der Waals surface area (Å²) in [5.74, 6) is -1.65. The molecule has 0 amide bonds. The topological polar surface area (TPSA) is 96.0 Å². The van der Waals surface area contributed by atoms with Gasteiger partial charge in [0.15, 0.2) is 11.4 Å². The van der Waals surface area contributed by atoms with Crippen LogP contribution in [0.1, 0.15) is 65.7 Å². The van der Waals surface area contributed by atoms with Crippen LogP contribution in [-0.2, 0) is 33.4 Å². The number of carbonyl (C=O) groups is 4. The summed E-state index contributed by atoms with van der Waals surface area (Å²) >= 11 is 0. The normalized spacial score (nSPS) is 20.2. The molecule has 0 aromatic rings. The van der Waals surface area contributed by atoms with Crippen LogP contribution in [0.25, 0.3) is 0 Å². The van der Waals surface area contributed by atoms with Gasteiger partial charge in [-0.25, -0.2) is 0 Å². The number of ketones is 1. The molecule has 176 valence electrons. The fourth-order valence-corrected chi connectivity index (χ4v) is 3.32. The Labute approximate surface area is 190 Å². The van der Waals surface area contributed by atoms with Crippen molar-refractivity contribution >= 4 is 23.7 Å². The van der Waals surface area contributed by atoms with Crippen molar-refractivity contribution in [2.24, 2.45) is 0 Å². The van der Waals surface area contributed by atoms with Crippen LogP contribution in [-0.4, -0.2) is 42.5 Å². The smallest absolute Gasteiger partial charge is 0.305 e. The first-order valence-electron chi connectivity index (χ1n) is 10.9. The second-order valence-electron chi connectivity index (χ2n) is 7.58. The third-order valence-electron chi connectivity index (χ3n) is 4.88. The van der Waals surface area contributed by atoms with Crippen molar-refractivity contribution in [3.8, 4) is 0 Å². The van der Waals surface area contributed by atoms with E-state index in [9.17, 15) is 19.2 Å². The number of ether oxygens (including phenoxy) is 3. The number of allylic oxidation sites excluding steroid dienone is 4. The second-order valence-corrected chi connectivity index (χ2v) is 7.58. The highest BCUT2D eigenvalue weighted by atomic mass is 16.6. The second kappa shape index (κ2) is 14.2. The number of hydrogen-bond donors (Lipinski definition) is 0. The highest BCUT2D eigenvalue weighted by Crippen LogP contribution is 2.34. The van der Waals surface area contributed by atoms with Crippen LogP contribution in [0.2, 0.25) is 0 Å². The summed E-state index contributed by atoms with van der Waals surface area (Å²) in [5, 5.41) is 0. The van der Waals surface area contributed by atoms with Crippen molar-refractivity contribution < 1.29 is 33.4 Å². The first-order valence-corrected chi connectivity index (χ1v) is 10.9. The Morgan fingerprint density at radius 2 is 1.88 bits per heavy atom. The molecule has 0 aromatic heterocycles. The first kappa shape index (κ1) is 27.1. The van der Waals surface area contributed by atoms with E-state index in [0.29, 0.717) is 12.0 Å². The molecule has 0 spiro atoms. The average Bonchev–Trinajstić information content (AvgIpc) is 3.03. The van der Waals surface area contributed by atoms with Gasteiger partial charge in [0.1, 0.15) is 6.10 Å². The molecule has 0 fully saturated rings. The molecule has 0 saturated heterocycles. The van der Waals surface area contributed by atoms with Crippen LogP contribution >= 0.6 is 0 Å². The lowest BCUT2D eigenvalue weighted by molar-refractivity contribution is -0.149. The number of rotatable bonds is 13. The Bertz CT molecular complexity index is 788. The van der Waals surface area contributed by atoms with Crippen molar-refractivity contribution in [1.29, 1.82) is 0 Å². The van der Waals surface area contributed by atoms with Crippen LogP contribution in [0.5, 0.6) is 0 Å². The van der Waals surface area contributed by atoms with E-state index in [1.165, 1.54) is 27.0 Å². The predicted molar refractivity (Wildman–Crippen MR) is 121 cm³/mol. The minimum absolute atomic E-state index is 0.0794. The Morgan fingerprint density at radius 3 is 2.50 bits per heavy atom. The predicted octanol–water partition coefficient (Wildman–Crippen LogP) is 4.32. The molecule has 7 heteroatoms. The van der Waals surface area contributed by atoms with Gasteiger partial charge in [0.25, 0.3) is 0 Å². The molecule has 0 N–H and O–H groups in total. The van der Waals surface area contributed by atoms with Gasteiger partial charge < -0.3 is 14.2 Å². The molecule has 0 aromatic carbocycles. The Kier molecular flexibility index (Phi) is 12.0. The number of carbonyl (C=O) groups excluding carboxylic acids is 4. The molecule has 32 heavy (non-hydrogen) atoms. The van der Waals surface area contributed by atoms with E-state index >= 15 is 0 Å². The zero-order valence-electron chi connectivity index (χ0n) is 19.4. The number of unbranched alkanes of at least 4 members (excludes halogenated alkanes) is 3. The zero-order chi connectivity index (χ0) is 24.0. The van der Waals surface area contributed by atoms with Crippen LogP contribution in [0.4, 0.5) is 0 Å². The maximum absolute atomic E-state index is 12.5. The van der Waals surface area contributed by atoms with Gasteiger partial charge in [-0.05, 0) is 37.5 Å². The zero-order valence-corrected chi connectivity index (χ0v) is 19.4. The third kappa shape index (κ3) is 9.45. The lowest BCUT2D eigenvalue weighted by Gasteiger charge is -2.27. The van der Waals surface area contributed by atoms with Crippen LogP contribution < -0.4 is 0 Å². The average molecular weight is 447 g/mol. The molecule has 0 unspecified atom stereocenters. The summed E-state index contributed by atoms with van der Waals surface area (Å²) in [5.41, 5.74) is -0.853. The van der Waals surface area contributed by atoms with E-state index in [1.807, 2.05) is 12.2 Å². The molecule has 7 nitrogen and oxygen atoms in total. The SMILES string of the molecule is CCCCC/C=C\C[C@@]1(OC(C)=O)C=CC(=O)C1=C/C=C\[C@H](CCC(=O)OC)OC(C)=O. The van der Waals surface area contributed by atoms with E-state index in [0.717, 1.165) is 25.7 Å². The van der Waals surface area contributed by atoms with Crippen LogP contribution in [0, 0.1) is 0 Å². The Hall–Kier alpha value is -2.96. The highest BCUT2D eigenvalue weighted by Gasteiger charge is 2.41. The number of methoxy groups -OCH3 is 1. The Balaban J connectivity index is 3.02. The monoisotopic (exact) mass is 446 g/mol. The van der Waals surface area contributed by atoms with Gasteiger partial charge in [0.2, 0.25) is 0 Å². The standard InChI is InChI=1S/C25H34O7/c1-5-6-7-8-9-10-17-25(32-20(3)27)18-16-23(28)22(25)13-11-12-21(31-19(2)26)14-15-24(29)30-4/h9-13,16,18,21H,5-8,14-15,17H2,1-4H3/b10-9-,12-11-,22-13?/t21-,25-/m1/s1. The maximum Gasteiger partial charge on any atom is 0.305 e. The van der Waals surface area contributed by atoms with Crippen LogP contribution in [0.3, 0.4) is 0 Å². The molecule has 1 aliphatic rings. The van der Waals surface area contributed by atoms with Gasteiger partial charge in [-0.3, -0.25) is 19.2 Å². The van der Waals surface area contributed by atoms with Gasteiger partial charge in [-0.1, -0.05) is 44.1 Å². The summed E-state index contributed by atoms with van der Waals surface area (Å²) in [4.78, 5) is 47.0. The summed E-state index contributed by atoms with van der Waals surface area (Å²) in [6.45, 7) is 4.72. The molecule has 2 atom stereocenters. The van der Waals surface area contributed by atoms with Gasteiger partial charge in [-0.15, -0.1) is 0 Å². The van der Waals surface area contributed by atoms with E-state index in [-0.39, 0.29) is 18.6 Å². The lowest BCUT2D eigenvalue weighted by atomic mass is 9.91. The Morgan fingerprint density at radius 1 is 1.12 bits per heavy atom. The van der Waals surface area contributed by atoms with Crippen LogP contribution in [0.15, 0.2) is 48.1 Å². The fourth-order valence-electron chi connectivity index (χ4n) is 3.32. The van der Waals surface area contributed by atoms with Gasteiger partial charge in [0.05, 0.1) is 7.11 Å². The summed E-state index contributed by atoms with van der Waals surface area (Å²) in [7, 11) is 1.29. The van der Waals surface area contributed by atoms with Crippen molar-refractivity contribution in [3.05, 3.63) is 48.1 Å². The van der Waals surface area contributed by atoms with Gasteiger partial charge in [0, 0.05) is 32.3 Å². The fraction of sp³-hybridized carbons (Fsp3) is 0.520. The molecular formula is C25H34O7. The molecule has 0 bridgehead atoms. The van der Waals surface area contributed by atoms with Crippen molar-refractivity contribution in [3.63, 3.8) is 0 Å². The van der Waals surface area contributed by atoms with E-state index < -0.39 is 29.6 Å². The summed E-state index contributed by atoms with van der Waals surface area (Å²) in [6, 6.07) is 0. The van der Waals surface area contributed by atoms with Crippen molar-refractivity contribution in [2.45, 2.75) is 77.4 Å². The maximum atomic E-state index is 12.5. The number of hydrogen-bond acceptors (Lipinski definition) is 7. The summed E-state index contributed by atoms with van der Waals surface area (Å²) in [6.07, 6.45) is 16.0. The lowest BCUT2D eigenvalue weighted by Crippen LogP contribution is -2.33. The quantitative estimate of drug-likeness (QED) is 0.137. The highest BCUT2D eigenvalue weighted by molar-refractivity contribution is 6.09. The van der Waals surface area contributed by atoms with Gasteiger partial charge in [-0.2, -0.15) is 0 Å². The molecule has 0 heterocycles. The minimum Gasteiger partial charge on any atom is -0.469 e. The van der Waals surface area contributed by atoms with Crippen molar-refractivity contribution in [2.75, 3.05) is 7.11 Å². The largest absolute Gasteiger partial charge is 0.469 e. The van der Waals surface area contributed by atoms with Crippen molar-refractivity contribution in [1.82, 2.24) is 0 Å². The molecule has 0 saturated carbocycles. The molecular weight excluding hydrogens is 412 g/mol. The summed E-state index contributed by atoms with van der Waals surface area (Å²) < 4.78 is 15.4. The number of esters is 3. The van der Waals surface area contributed by atoms with E-state index in [4.69, 9.17) is 9.47 Å².